The van der Waals surface area contributed by atoms with Crippen LogP contribution in [0.4, 0.5) is 0 Å². The van der Waals surface area contributed by atoms with Gasteiger partial charge in [0, 0.05) is 6.54 Å². The number of amides is 1. The van der Waals surface area contributed by atoms with Gasteiger partial charge in [-0.1, -0.05) is 61.5 Å². The highest BCUT2D eigenvalue weighted by molar-refractivity contribution is 7.89. The second-order valence-electron chi connectivity index (χ2n) is 7.78. The maximum Gasteiger partial charge on any atom is 0.255 e. The number of nitrogens with one attached hydrogen (secondary N) is 1. The van der Waals surface area contributed by atoms with Gasteiger partial charge in [0.1, 0.15) is 5.75 Å². The summed E-state index contributed by atoms with van der Waals surface area (Å²) in [5.41, 5.74) is 5.93. The van der Waals surface area contributed by atoms with Crippen LogP contribution in [0.2, 0.25) is 0 Å². The third-order valence-electron chi connectivity index (χ3n) is 5.32. The van der Waals surface area contributed by atoms with E-state index in [2.05, 4.69) is 17.5 Å². The molecule has 0 saturated carbocycles. The molecule has 3 aromatic carbocycles. The number of nitrogens with zero attached hydrogens (tertiary/aromatic N) is 2. The minimum Gasteiger partial charge on any atom is -0.496 e. The standard InChI is InChI=1S/C26H29N3O4S/c1-4-21-10-12-22(13-11-21)17-27-28-26(30)19-29(18-23-8-6-5-7-9-23)34(31,32)24-14-15-25(33-3)20(2)16-24/h5-17H,4,18-19H2,1-3H3,(H,28,30)/b27-17+. The van der Waals surface area contributed by atoms with Crippen LogP contribution < -0.4 is 10.2 Å². The zero-order chi connectivity index (χ0) is 24.6. The first-order valence-corrected chi connectivity index (χ1v) is 12.4. The number of methoxy groups -OCH3 is 1. The largest absolute Gasteiger partial charge is 0.496 e. The van der Waals surface area contributed by atoms with Crippen molar-refractivity contribution < 1.29 is 17.9 Å². The lowest BCUT2D eigenvalue weighted by Gasteiger charge is -2.22. The number of aryl methyl sites for hydroxylation is 2. The summed E-state index contributed by atoms with van der Waals surface area (Å²) in [6.07, 6.45) is 2.47. The van der Waals surface area contributed by atoms with Crippen LogP contribution >= 0.6 is 0 Å². The van der Waals surface area contributed by atoms with Gasteiger partial charge < -0.3 is 4.74 Å². The lowest BCUT2D eigenvalue weighted by molar-refractivity contribution is -0.121. The molecule has 1 amide bonds. The SMILES string of the molecule is CCc1ccc(/C=N/NC(=O)CN(Cc2ccccc2)S(=O)(=O)c2ccc(OC)c(C)c2)cc1. The summed E-state index contributed by atoms with van der Waals surface area (Å²) in [6, 6.07) is 21.6. The van der Waals surface area contributed by atoms with Gasteiger partial charge in [-0.15, -0.1) is 0 Å². The molecule has 0 radical (unpaired) electrons. The molecule has 0 aliphatic carbocycles. The summed E-state index contributed by atoms with van der Waals surface area (Å²) in [6.45, 7) is 3.51. The van der Waals surface area contributed by atoms with Crippen molar-refractivity contribution >= 4 is 22.1 Å². The molecule has 1 N–H and O–H groups in total. The number of hydrogen-bond acceptors (Lipinski definition) is 5. The molecule has 3 rings (SSSR count). The highest BCUT2D eigenvalue weighted by Crippen LogP contribution is 2.24. The van der Waals surface area contributed by atoms with Crippen molar-refractivity contribution in [1.82, 2.24) is 9.73 Å². The molecule has 0 atom stereocenters. The predicted molar refractivity (Wildman–Crippen MR) is 133 cm³/mol. The Labute approximate surface area is 201 Å². The topological polar surface area (TPSA) is 88.1 Å². The number of rotatable bonds is 10. The quantitative estimate of drug-likeness (QED) is 0.353. The Morgan fingerprint density at radius 1 is 1.03 bits per heavy atom. The maximum absolute atomic E-state index is 13.4. The van der Waals surface area contributed by atoms with E-state index in [1.54, 1.807) is 19.1 Å². The van der Waals surface area contributed by atoms with Gasteiger partial charge in [0.2, 0.25) is 10.0 Å². The number of benzene rings is 3. The Bertz CT molecular complexity index is 1240. The Kier molecular flexibility index (Phi) is 8.56. The molecular weight excluding hydrogens is 450 g/mol. The van der Waals surface area contributed by atoms with E-state index in [0.29, 0.717) is 11.3 Å². The molecule has 178 valence electrons. The van der Waals surface area contributed by atoms with Crippen molar-refractivity contribution in [3.63, 3.8) is 0 Å². The van der Waals surface area contributed by atoms with Gasteiger partial charge in [0.05, 0.1) is 24.8 Å². The highest BCUT2D eigenvalue weighted by atomic mass is 32.2. The first-order chi connectivity index (χ1) is 16.3. The zero-order valence-electron chi connectivity index (χ0n) is 19.6. The molecule has 0 unspecified atom stereocenters. The first kappa shape index (κ1) is 25.1. The molecule has 7 nitrogen and oxygen atoms in total. The lowest BCUT2D eigenvalue weighted by Crippen LogP contribution is -2.39. The van der Waals surface area contributed by atoms with Gasteiger partial charge in [0.15, 0.2) is 0 Å². The Morgan fingerprint density at radius 3 is 2.35 bits per heavy atom. The van der Waals surface area contributed by atoms with E-state index in [1.807, 2.05) is 54.6 Å². The van der Waals surface area contributed by atoms with Gasteiger partial charge in [-0.25, -0.2) is 13.8 Å². The molecule has 8 heteroatoms. The predicted octanol–water partition coefficient (Wildman–Crippen LogP) is 3.91. The van der Waals surface area contributed by atoms with Crippen molar-refractivity contribution in [3.05, 3.63) is 95.1 Å². The van der Waals surface area contributed by atoms with E-state index in [-0.39, 0.29) is 18.0 Å². The Hall–Kier alpha value is -3.49. The van der Waals surface area contributed by atoms with Crippen LogP contribution in [0.5, 0.6) is 5.75 Å². The molecule has 0 bridgehead atoms. The molecule has 0 saturated heterocycles. The zero-order valence-corrected chi connectivity index (χ0v) is 20.4. The third kappa shape index (κ3) is 6.52. The number of ether oxygens (including phenoxy) is 1. The fourth-order valence-electron chi connectivity index (χ4n) is 3.39. The van der Waals surface area contributed by atoms with E-state index in [0.717, 1.165) is 21.9 Å². The van der Waals surface area contributed by atoms with Crippen LogP contribution in [0.3, 0.4) is 0 Å². The van der Waals surface area contributed by atoms with Crippen molar-refractivity contribution in [2.45, 2.75) is 31.7 Å². The van der Waals surface area contributed by atoms with Gasteiger partial charge in [-0.3, -0.25) is 4.79 Å². The van der Waals surface area contributed by atoms with Crippen LogP contribution in [0.25, 0.3) is 0 Å². The van der Waals surface area contributed by atoms with Gasteiger partial charge in [-0.2, -0.15) is 9.41 Å². The second kappa shape index (κ2) is 11.6. The van der Waals surface area contributed by atoms with Crippen molar-refractivity contribution in [2.24, 2.45) is 5.10 Å². The molecule has 3 aromatic rings. The minimum absolute atomic E-state index is 0.0455. The molecule has 0 heterocycles. The normalized spacial score (nSPS) is 11.6. The summed E-state index contributed by atoms with van der Waals surface area (Å²) < 4.78 is 33.3. The van der Waals surface area contributed by atoms with Crippen LogP contribution in [0.1, 0.15) is 29.2 Å². The monoisotopic (exact) mass is 479 g/mol. The fraction of sp³-hybridized carbons (Fsp3) is 0.231. The number of carbonyl (C=O) groups is 1. The fourth-order valence-corrected chi connectivity index (χ4v) is 4.86. The molecule has 0 fully saturated rings. The van der Waals surface area contributed by atoms with Crippen LogP contribution in [-0.2, 0) is 27.8 Å². The lowest BCUT2D eigenvalue weighted by atomic mass is 10.1. The maximum atomic E-state index is 13.4. The summed E-state index contributed by atoms with van der Waals surface area (Å²) in [4.78, 5) is 12.7. The van der Waals surface area contributed by atoms with E-state index >= 15 is 0 Å². The molecule has 0 aliphatic rings. The molecular formula is C26H29N3O4S. The van der Waals surface area contributed by atoms with E-state index in [9.17, 15) is 13.2 Å². The average molecular weight is 480 g/mol. The van der Waals surface area contributed by atoms with E-state index in [1.165, 1.54) is 25.0 Å². The first-order valence-electron chi connectivity index (χ1n) is 10.9. The second-order valence-corrected chi connectivity index (χ2v) is 9.72. The smallest absolute Gasteiger partial charge is 0.255 e. The number of hydrazone groups is 1. The summed E-state index contributed by atoms with van der Waals surface area (Å²) >= 11 is 0. The molecule has 0 aliphatic heterocycles. The number of sulfonamides is 1. The Morgan fingerprint density at radius 2 is 1.74 bits per heavy atom. The van der Waals surface area contributed by atoms with Gasteiger partial charge in [-0.05, 0) is 53.8 Å². The Balaban J connectivity index is 1.78. The van der Waals surface area contributed by atoms with Gasteiger partial charge >= 0.3 is 0 Å². The van der Waals surface area contributed by atoms with Gasteiger partial charge in [0.25, 0.3) is 5.91 Å². The number of carbonyl (C=O) groups excluding carboxylic acids is 1. The van der Waals surface area contributed by atoms with Crippen LogP contribution in [0, 0.1) is 6.92 Å². The minimum atomic E-state index is -3.96. The summed E-state index contributed by atoms with van der Waals surface area (Å²) in [5.74, 6) is 0.0544. The molecule has 0 aromatic heterocycles. The van der Waals surface area contributed by atoms with E-state index < -0.39 is 15.9 Å². The van der Waals surface area contributed by atoms with Crippen molar-refractivity contribution in [2.75, 3.05) is 13.7 Å². The highest BCUT2D eigenvalue weighted by Gasteiger charge is 2.27. The number of hydrogen-bond donors (Lipinski definition) is 1. The average Bonchev–Trinajstić information content (AvgIpc) is 2.84. The van der Waals surface area contributed by atoms with Crippen LogP contribution in [0.15, 0.2) is 82.8 Å². The summed E-state index contributed by atoms with van der Waals surface area (Å²) in [5, 5.41) is 3.99. The van der Waals surface area contributed by atoms with Crippen LogP contribution in [-0.4, -0.2) is 38.5 Å². The summed E-state index contributed by atoms with van der Waals surface area (Å²) in [7, 11) is -2.43. The molecule has 34 heavy (non-hydrogen) atoms. The molecule has 0 spiro atoms. The van der Waals surface area contributed by atoms with Crippen molar-refractivity contribution in [3.8, 4) is 5.75 Å². The van der Waals surface area contributed by atoms with E-state index in [4.69, 9.17) is 4.74 Å². The van der Waals surface area contributed by atoms with Crippen molar-refractivity contribution in [1.29, 1.82) is 0 Å². The third-order valence-corrected chi connectivity index (χ3v) is 7.10.